The maximum absolute atomic E-state index is 11.0. The molecule has 0 spiro atoms. The van der Waals surface area contributed by atoms with Gasteiger partial charge in [-0.1, -0.05) is 0 Å². The summed E-state index contributed by atoms with van der Waals surface area (Å²) in [5.74, 6) is 3.45. The molecular weight excluding hydrogens is 240 g/mol. The molecule has 1 unspecified atom stereocenters. The molecule has 6 nitrogen and oxygen atoms in total. The van der Waals surface area contributed by atoms with Gasteiger partial charge in [-0.2, -0.15) is 16.9 Å². The maximum Gasteiger partial charge on any atom is 0.333 e. The van der Waals surface area contributed by atoms with Gasteiger partial charge < -0.3 is 5.32 Å². The van der Waals surface area contributed by atoms with E-state index in [0.717, 1.165) is 12.3 Å². The van der Waals surface area contributed by atoms with E-state index in [9.17, 15) is 10.1 Å². The van der Waals surface area contributed by atoms with Crippen LogP contribution in [0.15, 0.2) is 0 Å². The molecular formula is C10H16N4O2S. The topological polar surface area (TPSA) is 73.0 Å². The summed E-state index contributed by atoms with van der Waals surface area (Å²) in [6, 6.07) is 0. The van der Waals surface area contributed by atoms with Crippen LogP contribution in [-0.4, -0.2) is 32.8 Å². The van der Waals surface area contributed by atoms with Crippen LogP contribution >= 0.6 is 11.8 Å². The van der Waals surface area contributed by atoms with Gasteiger partial charge in [0.2, 0.25) is 5.82 Å². The number of nitro groups is 1. The van der Waals surface area contributed by atoms with E-state index >= 15 is 0 Å². The number of nitrogens with zero attached hydrogens (tertiary/aromatic N) is 3. The molecule has 17 heavy (non-hydrogen) atoms. The van der Waals surface area contributed by atoms with Crippen molar-refractivity contribution in [1.29, 1.82) is 0 Å². The van der Waals surface area contributed by atoms with Crippen LogP contribution in [0, 0.1) is 23.0 Å². The van der Waals surface area contributed by atoms with Gasteiger partial charge in [0.1, 0.15) is 5.69 Å². The molecule has 0 amide bonds. The minimum atomic E-state index is -0.367. The summed E-state index contributed by atoms with van der Waals surface area (Å²) in [4.78, 5) is 10.6. The summed E-state index contributed by atoms with van der Waals surface area (Å²) in [5, 5.41) is 18.2. The Morgan fingerprint density at radius 3 is 3.06 bits per heavy atom. The molecule has 0 aliphatic carbocycles. The fourth-order valence-corrected chi connectivity index (χ4v) is 3.33. The molecule has 7 heteroatoms. The van der Waals surface area contributed by atoms with E-state index in [1.807, 2.05) is 11.8 Å². The molecule has 0 radical (unpaired) electrons. The fourth-order valence-electron chi connectivity index (χ4n) is 2.05. The van der Waals surface area contributed by atoms with Gasteiger partial charge in [0.05, 0.1) is 4.92 Å². The molecule has 0 saturated carbocycles. The second-order valence-electron chi connectivity index (χ2n) is 4.27. The van der Waals surface area contributed by atoms with Crippen LogP contribution in [0.2, 0.25) is 0 Å². The third-order valence-electron chi connectivity index (χ3n) is 2.96. The first-order valence-electron chi connectivity index (χ1n) is 5.59. The van der Waals surface area contributed by atoms with Crippen LogP contribution < -0.4 is 5.32 Å². The molecule has 1 aliphatic rings. The van der Waals surface area contributed by atoms with Gasteiger partial charge in [0.25, 0.3) is 0 Å². The lowest BCUT2D eigenvalue weighted by Gasteiger charge is -2.10. The molecule has 1 aliphatic heterocycles. The zero-order valence-corrected chi connectivity index (χ0v) is 10.8. The first-order valence-corrected chi connectivity index (χ1v) is 6.74. The number of aromatic nitrogens is 2. The van der Waals surface area contributed by atoms with Crippen molar-refractivity contribution in [2.75, 3.05) is 23.4 Å². The van der Waals surface area contributed by atoms with Crippen molar-refractivity contribution in [3.63, 3.8) is 0 Å². The summed E-state index contributed by atoms with van der Waals surface area (Å²) in [6.07, 6.45) is 1.18. The monoisotopic (exact) mass is 256 g/mol. The first-order chi connectivity index (χ1) is 8.09. The zero-order valence-electron chi connectivity index (χ0n) is 9.97. The van der Waals surface area contributed by atoms with Gasteiger partial charge in [0, 0.05) is 13.6 Å². The predicted octanol–water partition coefficient (Wildman–Crippen LogP) is 1.80. The van der Waals surface area contributed by atoms with Gasteiger partial charge in [-0.15, -0.1) is 0 Å². The Morgan fingerprint density at radius 2 is 2.47 bits per heavy atom. The first kappa shape index (κ1) is 12.2. The molecule has 94 valence electrons. The van der Waals surface area contributed by atoms with E-state index in [1.54, 1.807) is 18.7 Å². The van der Waals surface area contributed by atoms with Gasteiger partial charge in [0.15, 0.2) is 0 Å². The van der Waals surface area contributed by atoms with E-state index < -0.39 is 0 Å². The van der Waals surface area contributed by atoms with Crippen LogP contribution in [0.5, 0.6) is 0 Å². The van der Waals surface area contributed by atoms with Crippen molar-refractivity contribution in [3.05, 3.63) is 15.8 Å². The molecule has 2 rings (SSSR count). The number of aryl methyl sites for hydroxylation is 2. The highest BCUT2D eigenvalue weighted by Crippen LogP contribution is 2.29. The van der Waals surface area contributed by atoms with E-state index in [-0.39, 0.29) is 10.6 Å². The summed E-state index contributed by atoms with van der Waals surface area (Å²) in [7, 11) is 1.73. The molecule has 1 fully saturated rings. The van der Waals surface area contributed by atoms with Gasteiger partial charge in [-0.3, -0.25) is 10.1 Å². The van der Waals surface area contributed by atoms with Gasteiger partial charge >= 0.3 is 5.69 Å². The lowest BCUT2D eigenvalue weighted by Crippen LogP contribution is -2.16. The quantitative estimate of drug-likeness (QED) is 0.657. The number of hydrogen-bond donors (Lipinski definition) is 1. The average molecular weight is 256 g/mol. The molecule has 1 N–H and O–H groups in total. The Hall–Kier alpha value is -1.24. The van der Waals surface area contributed by atoms with E-state index in [2.05, 4.69) is 10.4 Å². The molecule has 2 heterocycles. The van der Waals surface area contributed by atoms with E-state index in [0.29, 0.717) is 17.4 Å². The second-order valence-corrected chi connectivity index (χ2v) is 5.42. The summed E-state index contributed by atoms with van der Waals surface area (Å²) in [6.45, 7) is 2.45. The van der Waals surface area contributed by atoms with Crippen molar-refractivity contribution >= 4 is 23.3 Å². The molecule has 0 bridgehead atoms. The Labute approximate surface area is 104 Å². The van der Waals surface area contributed by atoms with Crippen LogP contribution in [0.3, 0.4) is 0 Å². The van der Waals surface area contributed by atoms with Gasteiger partial charge in [-0.05, 0) is 30.8 Å². The third-order valence-corrected chi connectivity index (χ3v) is 4.19. The molecule has 1 aromatic rings. The highest BCUT2D eigenvalue weighted by molar-refractivity contribution is 7.99. The van der Waals surface area contributed by atoms with Crippen molar-refractivity contribution in [3.8, 4) is 0 Å². The van der Waals surface area contributed by atoms with Crippen molar-refractivity contribution in [2.24, 2.45) is 13.0 Å². The Bertz CT molecular complexity index is 426. The highest BCUT2D eigenvalue weighted by atomic mass is 32.2. The van der Waals surface area contributed by atoms with Crippen LogP contribution in [0.1, 0.15) is 12.1 Å². The number of thioether (sulfide) groups is 1. The van der Waals surface area contributed by atoms with Crippen LogP contribution in [-0.2, 0) is 7.05 Å². The summed E-state index contributed by atoms with van der Waals surface area (Å²) >= 11 is 1.94. The van der Waals surface area contributed by atoms with E-state index in [1.165, 1.54) is 12.2 Å². The minimum Gasteiger partial charge on any atom is -0.364 e. The van der Waals surface area contributed by atoms with Crippen molar-refractivity contribution in [2.45, 2.75) is 13.3 Å². The zero-order chi connectivity index (χ0) is 12.4. The summed E-state index contributed by atoms with van der Waals surface area (Å²) in [5.41, 5.74) is 0.555. The highest BCUT2D eigenvalue weighted by Gasteiger charge is 2.25. The smallest absolute Gasteiger partial charge is 0.333 e. The Balaban J connectivity index is 2.11. The normalized spacial score (nSPS) is 19.5. The largest absolute Gasteiger partial charge is 0.364 e. The predicted molar refractivity (Wildman–Crippen MR) is 68.5 cm³/mol. The van der Waals surface area contributed by atoms with Crippen LogP contribution in [0.25, 0.3) is 0 Å². The lowest BCUT2D eigenvalue weighted by molar-refractivity contribution is -0.384. The molecule has 1 atom stereocenters. The van der Waals surface area contributed by atoms with E-state index in [4.69, 9.17) is 0 Å². The van der Waals surface area contributed by atoms with Gasteiger partial charge in [-0.25, -0.2) is 4.68 Å². The lowest BCUT2D eigenvalue weighted by atomic mass is 10.1. The summed E-state index contributed by atoms with van der Waals surface area (Å²) < 4.78 is 1.55. The minimum absolute atomic E-state index is 0.0955. The fraction of sp³-hybridized carbons (Fsp3) is 0.700. The number of nitrogens with one attached hydrogen (secondary N) is 1. The number of anilines is 1. The molecule has 1 aromatic heterocycles. The van der Waals surface area contributed by atoms with Crippen molar-refractivity contribution in [1.82, 2.24) is 9.78 Å². The van der Waals surface area contributed by atoms with Crippen LogP contribution in [0.4, 0.5) is 11.5 Å². The third kappa shape index (κ3) is 2.54. The standard InChI is InChI=1S/C10H16N4O2S/c1-7-9(14(15)16)10(13(2)12-7)11-5-8-3-4-17-6-8/h8,11H,3-6H2,1-2H3. The average Bonchev–Trinajstić information content (AvgIpc) is 2.83. The van der Waals surface area contributed by atoms with Crippen molar-refractivity contribution < 1.29 is 4.92 Å². The molecule has 1 saturated heterocycles. The number of hydrogen-bond acceptors (Lipinski definition) is 5. The Morgan fingerprint density at radius 1 is 1.71 bits per heavy atom. The SMILES string of the molecule is Cc1nn(C)c(NCC2CCSC2)c1[N+](=O)[O-]. The number of rotatable bonds is 4. The molecule has 0 aromatic carbocycles. The second kappa shape index (κ2) is 4.95. The Kier molecular flexibility index (Phi) is 3.56. The maximum atomic E-state index is 11.0.